The lowest BCUT2D eigenvalue weighted by Crippen LogP contribution is -1.99. The van der Waals surface area contributed by atoms with Crippen molar-refractivity contribution in [2.75, 3.05) is 7.11 Å². The number of aryl methyl sites for hydroxylation is 1. The third kappa shape index (κ3) is 5.51. The van der Waals surface area contributed by atoms with Crippen molar-refractivity contribution < 1.29 is 14.1 Å². The van der Waals surface area contributed by atoms with Crippen LogP contribution in [0.25, 0.3) is 17.3 Å². The Kier molecular flexibility index (Phi) is 7.82. The molecule has 0 bridgehead atoms. The maximum atomic E-state index is 11.3. The Morgan fingerprint density at radius 2 is 1.81 bits per heavy atom. The molecule has 0 unspecified atom stereocenters. The molecule has 31 heavy (non-hydrogen) atoms. The Morgan fingerprint density at radius 1 is 1.10 bits per heavy atom. The molecule has 0 saturated heterocycles. The molecule has 0 aliphatic heterocycles. The molecule has 0 amide bonds. The van der Waals surface area contributed by atoms with Crippen LogP contribution in [-0.4, -0.2) is 18.2 Å². The van der Waals surface area contributed by atoms with Crippen LogP contribution in [-0.2, 0) is 22.4 Å². The maximum Gasteiger partial charge on any atom is 0.330 e. The van der Waals surface area contributed by atoms with Crippen molar-refractivity contribution >= 4 is 46.8 Å². The molecule has 4 nitrogen and oxygen atoms in total. The van der Waals surface area contributed by atoms with Gasteiger partial charge in [-0.25, -0.2) is 4.79 Å². The summed E-state index contributed by atoms with van der Waals surface area (Å²) < 4.78 is 10.3. The monoisotopic (exact) mass is 477 g/mol. The van der Waals surface area contributed by atoms with Crippen molar-refractivity contribution in [1.82, 2.24) is 5.16 Å². The van der Waals surface area contributed by atoms with Crippen molar-refractivity contribution in [2.24, 2.45) is 0 Å². The number of aromatic nitrogens is 1. The second-order valence-electron chi connectivity index (χ2n) is 7.33. The number of hydrogen-bond acceptors (Lipinski definition) is 4. The number of carbonyl (C=O) groups excluding carboxylic acids is 1. The fourth-order valence-electron chi connectivity index (χ4n) is 3.30. The first-order valence-electron chi connectivity index (χ1n) is 9.79. The number of ether oxygens (including phenoxy) is 1. The average molecular weight is 479 g/mol. The van der Waals surface area contributed by atoms with Crippen molar-refractivity contribution in [1.29, 1.82) is 0 Å². The van der Waals surface area contributed by atoms with Crippen LogP contribution in [0.2, 0.25) is 15.1 Å². The lowest BCUT2D eigenvalue weighted by atomic mass is 9.95. The van der Waals surface area contributed by atoms with Gasteiger partial charge in [0.25, 0.3) is 0 Å². The normalized spacial score (nSPS) is 11.5. The van der Waals surface area contributed by atoms with Crippen molar-refractivity contribution in [2.45, 2.75) is 32.6 Å². The second-order valence-corrected chi connectivity index (χ2v) is 8.55. The van der Waals surface area contributed by atoms with E-state index in [4.69, 9.17) is 39.3 Å². The zero-order chi connectivity index (χ0) is 22.5. The highest BCUT2D eigenvalue weighted by atomic mass is 35.5. The van der Waals surface area contributed by atoms with Gasteiger partial charge in [0.15, 0.2) is 0 Å². The van der Waals surface area contributed by atoms with Crippen molar-refractivity contribution in [3.8, 4) is 11.3 Å². The molecule has 0 aliphatic rings. The van der Waals surface area contributed by atoms with Gasteiger partial charge in [-0.05, 0) is 48.2 Å². The van der Waals surface area contributed by atoms with E-state index >= 15 is 0 Å². The first-order valence-corrected chi connectivity index (χ1v) is 10.9. The number of rotatable bonds is 7. The predicted octanol–water partition coefficient (Wildman–Crippen LogP) is 7.40. The Bertz CT molecular complexity index is 1100. The van der Waals surface area contributed by atoms with E-state index in [2.05, 4.69) is 23.7 Å². The van der Waals surface area contributed by atoms with E-state index in [-0.39, 0.29) is 5.92 Å². The van der Waals surface area contributed by atoms with Gasteiger partial charge in [0, 0.05) is 28.1 Å². The maximum absolute atomic E-state index is 11.3. The van der Waals surface area contributed by atoms with E-state index in [0.29, 0.717) is 39.2 Å². The number of methoxy groups -OCH3 is 1. The van der Waals surface area contributed by atoms with Crippen LogP contribution in [0.5, 0.6) is 0 Å². The summed E-state index contributed by atoms with van der Waals surface area (Å²) in [5.41, 5.74) is 4.09. The van der Waals surface area contributed by atoms with Crippen LogP contribution in [0.3, 0.4) is 0 Å². The minimum atomic E-state index is -0.417. The largest absolute Gasteiger partial charge is 0.466 e. The average Bonchev–Trinajstić information content (AvgIpc) is 3.15. The number of carbonyl (C=O) groups is 1. The van der Waals surface area contributed by atoms with Crippen LogP contribution in [0, 0.1) is 0 Å². The second kappa shape index (κ2) is 10.4. The summed E-state index contributed by atoms with van der Waals surface area (Å²) in [5, 5.41) is 5.96. The summed E-state index contributed by atoms with van der Waals surface area (Å²) in [5.74, 6) is 0.540. The molecule has 1 heterocycles. The Morgan fingerprint density at radius 3 is 2.42 bits per heavy atom. The fourth-order valence-corrected chi connectivity index (χ4v) is 4.16. The smallest absolute Gasteiger partial charge is 0.330 e. The number of halogens is 3. The van der Waals surface area contributed by atoms with E-state index in [1.807, 2.05) is 18.2 Å². The molecule has 3 rings (SSSR count). The van der Waals surface area contributed by atoms with E-state index in [1.54, 1.807) is 24.3 Å². The SMILES string of the molecule is COC(=O)/C=C/c1ccc(CCc2c(-c3c(Cl)cccc3Cl)noc2C(C)C)c(Cl)c1. The van der Waals surface area contributed by atoms with E-state index in [9.17, 15) is 4.79 Å². The minimum Gasteiger partial charge on any atom is -0.466 e. The number of hydrogen-bond donors (Lipinski definition) is 0. The molecule has 0 radical (unpaired) electrons. The Labute approximate surface area is 196 Å². The van der Waals surface area contributed by atoms with E-state index in [1.165, 1.54) is 13.2 Å². The topological polar surface area (TPSA) is 52.3 Å². The molecular formula is C24H22Cl3NO3. The van der Waals surface area contributed by atoms with E-state index < -0.39 is 5.97 Å². The molecule has 3 aromatic rings. The summed E-state index contributed by atoms with van der Waals surface area (Å²) in [4.78, 5) is 11.3. The molecule has 0 saturated carbocycles. The number of nitrogens with zero attached hydrogens (tertiary/aromatic N) is 1. The molecular weight excluding hydrogens is 457 g/mol. The number of esters is 1. The highest BCUT2D eigenvalue weighted by Gasteiger charge is 2.23. The molecule has 2 aromatic carbocycles. The standard InChI is InChI=1S/C24H22Cl3NO3/c1-14(2)24-17(23(28-31-24)22-18(25)5-4-6-19(22)26)11-10-16-9-7-15(13-20(16)27)8-12-21(29)30-3/h4-9,12-14H,10-11H2,1-3H3/b12-8+. The predicted molar refractivity (Wildman–Crippen MR) is 126 cm³/mol. The zero-order valence-corrected chi connectivity index (χ0v) is 19.7. The first-order chi connectivity index (χ1) is 14.8. The fraction of sp³-hybridized carbons (Fsp3) is 0.250. The Hall–Kier alpha value is -2.27. The van der Waals surface area contributed by atoms with Gasteiger partial charge in [0.05, 0.1) is 17.2 Å². The summed E-state index contributed by atoms with van der Waals surface area (Å²) in [7, 11) is 1.34. The molecule has 162 valence electrons. The third-order valence-corrected chi connectivity index (χ3v) is 5.86. The summed E-state index contributed by atoms with van der Waals surface area (Å²) in [6.07, 6.45) is 4.35. The quantitative estimate of drug-likeness (QED) is 0.262. The lowest BCUT2D eigenvalue weighted by Gasteiger charge is -2.10. The van der Waals surface area contributed by atoms with Gasteiger partial charge in [-0.1, -0.05) is 72.0 Å². The molecule has 0 N–H and O–H groups in total. The third-order valence-electron chi connectivity index (χ3n) is 4.88. The van der Waals surface area contributed by atoms with Gasteiger partial charge in [0.1, 0.15) is 11.5 Å². The van der Waals surface area contributed by atoms with Crippen LogP contribution in [0.4, 0.5) is 0 Å². The summed E-state index contributed by atoms with van der Waals surface area (Å²) in [6.45, 7) is 4.11. The Balaban J connectivity index is 1.89. The van der Waals surface area contributed by atoms with Crippen LogP contribution in [0.15, 0.2) is 47.0 Å². The summed E-state index contributed by atoms with van der Waals surface area (Å²) in [6, 6.07) is 11.0. The molecule has 0 aliphatic carbocycles. The first kappa shape index (κ1) is 23.4. The highest BCUT2D eigenvalue weighted by Crippen LogP contribution is 2.39. The minimum absolute atomic E-state index is 0.152. The van der Waals surface area contributed by atoms with Crippen LogP contribution >= 0.6 is 34.8 Å². The van der Waals surface area contributed by atoms with Gasteiger partial charge in [-0.2, -0.15) is 0 Å². The van der Waals surface area contributed by atoms with E-state index in [0.717, 1.165) is 22.5 Å². The van der Waals surface area contributed by atoms with Gasteiger partial charge in [-0.3, -0.25) is 0 Å². The number of benzene rings is 2. The van der Waals surface area contributed by atoms with Gasteiger partial charge >= 0.3 is 5.97 Å². The van der Waals surface area contributed by atoms with Gasteiger partial charge in [0.2, 0.25) is 0 Å². The van der Waals surface area contributed by atoms with Crippen molar-refractivity contribution in [3.63, 3.8) is 0 Å². The molecule has 0 spiro atoms. The molecule has 7 heteroatoms. The molecule has 0 fully saturated rings. The highest BCUT2D eigenvalue weighted by molar-refractivity contribution is 6.39. The molecule has 1 aromatic heterocycles. The summed E-state index contributed by atoms with van der Waals surface area (Å²) >= 11 is 19.3. The zero-order valence-electron chi connectivity index (χ0n) is 17.4. The molecule has 0 atom stereocenters. The van der Waals surface area contributed by atoms with Gasteiger partial charge < -0.3 is 9.26 Å². The van der Waals surface area contributed by atoms with Crippen LogP contribution in [0.1, 0.15) is 42.2 Å². The lowest BCUT2D eigenvalue weighted by molar-refractivity contribution is -0.134. The van der Waals surface area contributed by atoms with Crippen molar-refractivity contribution in [3.05, 3.63) is 80.0 Å². The van der Waals surface area contributed by atoms with Gasteiger partial charge in [-0.15, -0.1) is 0 Å². The van der Waals surface area contributed by atoms with Crippen LogP contribution < -0.4 is 0 Å².